The van der Waals surface area contributed by atoms with Gasteiger partial charge in [0, 0.05) is 44.9 Å². The van der Waals surface area contributed by atoms with Gasteiger partial charge in [-0.05, 0) is 44.2 Å². The number of aromatic amines is 2. The lowest BCUT2D eigenvalue weighted by molar-refractivity contribution is 0.640. The largest absolute Gasteiger partial charge is 0.329 e. The van der Waals surface area contributed by atoms with Gasteiger partial charge in [0.25, 0.3) is 0 Å². The molecule has 0 saturated carbocycles. The molecule has 2 N–H and O–H groups in total. The molecule has 7 rings (SSSR count). The fourth-order valence-corrected chi connectivity index (χ4v) is 5.76. The molecular formula is C25H19N7S. The Kier molecular flexibility index (Phi) is 3.78. The number of thiophene rings is 1. The van der Waals surface area contributed by atoms with E-state index >= 15 is 0 Å². The first-order valence-corrected chi connectivity index (χ1v) is 11.7. The van der Waals surface area contributed by atoms with Crippen molar-refractivity contribution in [2.45, 2.75) is 19.9 Å². The molecule has 7 nitrogen and oxygen atoms in total. The normalized spacial score (nSPS) is 12.2. The summed E-state index contributed by atoms with van der Waals surface area (Å²) < 4.78 is 3.49. The van der Waals surface area contributed by atoms with E-state index in [4.69, 9.17) is 9.97 Å². The molecule has 8 heteroatoms. The van der Waals surface area contributed by atoms with Crippen molar-refractivity contribution in [3.05, 3.63) is 61.1 Å². The van der Waals surface area contributed by atoms with Crippen LogP contribution in [0.5, 0.6) is 0 Å². The van der Waals surface area contributed by atoms with Crippen LogP contribution in [-0.2, 0) is 0 Å². The van der Waals surface area contributed by atoms with Crippen LogP contribution >= 0.6 is 11.3 Å². The predicted octanol–water partition coefficient (Wildman–Crippen LogP) is 6.36. The molecule has 0 atom stereocenters. The second-order valence-electron chi connectivity index (χ2n) is 8.50. The number of benzene rings is 1. The summed E-state index contributed by atoms with van der Waals surface area (Å²) in [7, 11) is 0. The highest BCUT2D eigenvalue weighted by Crippen LogP contribution is 2.33. The zero-order valence-corrected chi connectivity index (χ0v) is 18.8. The minimum absolute atomic E-state index is 0.261. The average Bonchev–Trinajstić information content (AvgIpc) is 3.55. The average molecular weight is 450 g/mol. The Morgan fingerprint density at radius 2 is 1.85 bits per heavy atom. The number of aromatic nitrogens is 7. The molecule has 33 heavy (non-hydrogen) atoms. The topological polar surface area (TPSA) is 88.1 Å². The van der Waals surface area contributed by atoms with Gasteiger partial charge in [-0.25, -0.2) is 15.0 Å². The number of fused-ring (bicyclic) bond motifs is 9. The third kappa shape index (κ3) is 2.74. The van der Waals surface area contributed by atoms with Crippen LogP contribution in [0.25, 0.3) is 64.8 Å². The lowest BCUT2D eigenvalue weighted by Gasteiger charge is -2.12. The van der Waals surface area contributed by atoms with Crippen molar-refractivity contribution in [1.82, 2.24) is 34.7 Å². The Labute approximate surface area is 191 Å². The number of nitrogens with one attached hydrogen (secondary N) is 2. The summed E-state index contributed by atoms with van der Waals surface area (Å²) in [6.45, 7) is 4.40. The fourth-order valence-electron chi connectivity index (χ4n) is 4.57. The van der Waals surface area contributed by atoms with Crippen molar-refractivity contribution in [2.24, 2.45) is 0 Å². The van der Waals surface area contributed by atoms with Crippen LogP contribution in [0.4, 0.5) is 0 Å². The smallest absolute Gasteiger partial charge is 0.179 e. The molecule has 5 aromatic rings. The van der Waals surface area contributed by atoms with Gasteiger partial charge in [0.05, 0.1) is 27.6 Å². The lowest BCUT2D eigenvalue weighted by Crippen LogP contribution is -2.01. The number of pyridine rings is 2. The summed E-state index contributed by atoms with van der Waals surface area (Å²) in [5.74, 6) is 0. The zero-order valence-electron chi connectivity index (χ0n) is 18.0. The summed E-state index contributed by atoms with van der Waals surface area (Å²) in [6, 6.07) is 15.1. The number of hydrogen-bond acceptors (Lipinski definition) is 5. The summed E-state index contributed by atoms with van der Waals surface area (Å²) in [4.78, 5) is 20.2. The molecule has 2 aliphatic rings. The Morgan fingerprint density at radius 3 is 2.76 bits per heavy atom. The number of hydrogen-bond donors (Lipinski definition) is 2. The first-order valence-electron chi connectivity index (χ1n) is 10.8. The quantitative estimate of drug-likeness (QED) is 0.305. The SMILES string of the molecule is CC(C)n1c2cncc(c2)c2cnc3[nH][nH]c(c4nc5cccc(c6ccc1s6)c5n4)-c3c2. The van der Waals surface area contributed by atoms with E-state index in [1.165, 1.54) is 4.83 Å². The summed E-state index contributed by atoms with van der Waals surface area (Å²) in [6.07, 6.45) is 5.69. The Morgan fingerprint density at radius 1 is 0.939 bits per heavy atom. The maximum Gasteiger partial charge on any atom is 0.179 e. The number of H-pyrrole nitrogens is 2. The van der Waals surface area contributed by atoms with Crippen LogP contribution in [0.3, 0.4) is 0 Å². The molecular weight excluding hydrogens is 430 g/mol. The molecule has 0 unspecified atom stereocenters. The molecule has 0 saturated heterocycles. The van der Waals surface area contributed by atoms with Crippen LogP contribution in [0.2, 0.25) is 0 Å². The maximum absolute atomic E-state index is 4.96. The molecule has 160 valence electrons. The zero-order chi connectivity index (χ0) is 22.1. The van der Waals surface area contributed by atoms with E-state index in [2.05, 4.69) is 68.9 Å². The maximum atomic E-state index is 4.96. The van der Waals surface area contributed by atoms with Crippen LogP contribution in [-0.4, -0.2) is 34.7 Å². The molecule has 1 aromatic carbocycles. The lowest BCUT2D eigenvalue weighted by atomic mass is 10.1. The van der Waals surface area contributed by atoms with Crippen LogP contribution < -0.4 is 0 Å². The standard InChI is InChI=1S/C25H19N7S/c1-13(2)32-16-8-14(10-26-12-16)15-9-18-23(30-31-24(18)27-11-15)25-28-19-5-3-4-17(22(19)29-25)20-6-7-21(32)33-20/h3-13,30H,1-2H3,(H,27,31). The molecule has 0 spiro atoms. The van der Waals surface area contributed by atoms with Gasteiger partial charge >= 0.3 is 0 Å². The van der Waals surface area contributed by atoms with Crippen LogP contribution in [0.15, 0.2) is 61.1 Å². The van der Waals surface area contributed by atoms with Crippen molar-refractivity contribution in [1.29, 1.82) is 0 Å². The third-order valence-electron chi connectivity index (χ3n) is 6.09. The molecule has 0 radical (unpaired) electrons. The van der Waals surface area contributed by atoms with Crippen molar-refractivity contribution >= 4 is 64.9 Å². The molecule has 6 heterocycles. The highest BCUT2D eigenvalue weighted by Gasteiger charge is 2.15. The highest BCUT2D eigenvalue weighted by atomic mass is 32.1. The van der Waals surface area contributed by atoms with Gasteiger partial charge in [-0.1, -0.05) is 12.1 Å². The van der Waals surface area contributed by atoms with Gasteiger partial charge in [0.2, 0.25) is 0 Å². The third-order valence-corrected chi connectivity index (χ3v) is 7.21. The monoisotopic (exact) mass is 449 g/mol. The van der Waals surface area contributed by atoms with Crippen LogP contribution in [0, 0.1) is 0 Å². The van der Waals surface area contributed by atoms with E-state index in [1.54, 1.807) is 11.3 Å². The molecule has 0 amide bonds. The van der Waals surface area contributed by atoms with Gasteiger partial charge in [-0.3, -0.25) is 15.2 Å². The molecule has 8 bridgehead atoms. The van der Waals surface area contributed by atoms with Crippen molar-refractivity contribution in [2.75, 3.05) is 0 Å². The Bertz CT molecular complexity index is 1870. The second-order valence-corrected chi connectivity index (χ2v) is 9.56. The molecule has 2 aliphatic heterocycles. The Hall–Kier alpha value is -4.04. The molecule has 0 aliphatic carbocycles. The summed E-state index contributed by atoms with van der Waals surface area (Å²) in [5.41, 5.74) is 6.04. The van der Waals surface area contributed by atoms with E-state index in [0.29, 0.717) is 5.65 Å². The summed E-state index contributed by atoms with van der Waals surface area (Å²) in [5, 5.41) is 9.49. The van der Waals surface area contributed by atoms with E-state index in [0.717, 1.165) is 54.3 Å². The van der Waals surface area contributed by atoms with Gasteiger partial charge in [-0.15, -0.1) is 11.3 Å². The Balaban J connectivity index is 1.76. The number of rotatable bonds is 1. The minimum atomic E-state index is 0.261. The van der Waals surface area contributed by atoms with E-state index in [9.17, 15) is 0 Å². The van der Waals surface area contributed by atoms with E-state index in [1.807, 2.05) is 30.7 Å². The van der Waals surface area contributed by atoms with Gasteiger partial charge in [0.1, 0.15) is 5.69 Å². The van der Waals surface area contributed by atoms with Gasteiger partial charge < -0.3 is 4.57 Å². The summed E-state index contributed by atoms with van der Waals surface area (Å²) >= 11 is 1.76. The van der Waals surface area contributed by atoms with Crippen molar-refractivity contribution in [3.63, 3.8) is 0 Å². The van der Waals surface area contributed by atoms with Gasteiger partial charge in [0.15, 0.2) is 11.3 Å². The number of imidazole rings is 1. The predicted molar refractivity (Wildman–Crippen MR) is 134 cm³/mol. The van der Waals surface area contributed by atoms with Crippen molar-refractivity contribution in [3.8, 4) is 11.3 Å². The number of para-hydroxylation sites is 1. The minimum Gasteiger partial charge on any atom is -0.329 e. The number of nitrogens with zero attached hydrogens (tertiary/aromatic N) is 5. The molecule has 0 fully saturated rings. The second kappa shape index (κ2) is 6.73. The highest BCUT2D eigenvalue weighted by molar-refractivity contribution is 7.23. The van der Waals surface area contributed by atoms with Gasteiger partial charge in [-0.2, -0.15) is 0 Å². The molecule has 4 aromatic heterocycles. The van der Waals surface area contributed by atoms with Crippen LogP contribution in [0.1, 0.15) is 19.9 Å². The first-order chi connectivity index (χ1) is 16.2. The fraction of sp³-hybridized carbons (Fsp3) is 0.120. The van der Waals surface area contributed by atoms with E-state index < -0.39 is 0 Å². The first kappa shape index (κ1) is 18.5. The van der Waals surface area contributed by atoms with Crippen molar-refractivity contribution < 1.29 is 0 Å². The van der Waals surface area contributed by atoms with E-state index in [-0.39, 0.29) is 6.04 Å².